The molecule has 0 aliphatic rings. The second kappa shape index (κ2) is 11.1. The average Bonchev–Trinajstić information content (AvgIpc) is 2.97. The van der Waals surface area contributed by atoms with Crippen molar-refractivity contribution in [3.05, 3.63) is 150 Å². The van der Waals surface area contributed by atoms with Gasteiger partial charge in [-0.1, -0.05) is 126 Å². The Morgan fingerprint density at radius 2 is 0.789 bits per heavy atom. The first-order valence-corrected chi connectivity index (χ1v) is 16.5. The molecule has 5 aromatic rings. The summed E-state index contributed by atoms with van der Waals surface area (Å²) in [6.07, 6.45) is 0. The Labute approximate surface area is 229 Å². The lowest BCUT2D eigenvalue weighted by molar-refractivity contribution is 1.34. The molecule has 0 N–H and O–H groups in total. The molecule has 0 saturated carbocycles. The highest BCUT2D eigenvalue weighted by atomic mass is 32.2. The molecule has 0 fully saturated rings. The summed E-state index contributed by atoms with van der Waals surface area (Å²) in [5.74, 6) is 0. The summed E-state index contributed by atoms with van der Waals surface area (Å²) in [4.78, 5) is 2.51. The lowest BCUT2D eigenvalue weighted by Gasteiger charge is -2.30. The van der Waals surface area contributed by atoms with Gasteiger partial charge >= 0.3 is 0 Å². The van der Waals surface area contributed by atoms with Crippen LogP contribution in [0, 0.1) is 20.8 Å². The summed E-state index contributed by atoms with van der Waals surface area (Å²) in [5.41, 5.74) is 3.80. The highest BCUT2D eigenvalue weighted by molar-refractivity contribution is 8.26. The third kappa shape index (κ3) is 4.87. The summed E-state index contributed by atoms with van der Waals surface area (Å²) >= 11 is 0. The summed E-state index contributed by atoms with van der Waals surface area (Å²) in [6.45, 7) is 4.23. The number of nitrogens with zero attached hydrogens (tertiary/aromatic N) is 1. The quantitative estimate of drug-likeness (QED) is 0.157. The van der Waals surface area contributed by atoms with Gasteiger partial charge in [0.15, 0.2) is 0 Å². The minimum atomic E-state index is -2.26. The van der Waals surface area contributed by atoms with Crippen molar-refractivity contribution in [1.29, 1.82) is 0 Å². The van der Waals surface area contributed by atoms with Crippen molar-refractivity contribution in [3.63, 3.8) is 0 Å². The molecule has 0 aromatic heterocycles. The standard InChI is InChI=1S/C35H35NPS/c1-28-15-21-31(22-16-28)37(32-23-17-29(2)18-24-32,33-25-19-30(3)20-26-33)27-38(36-4,34-11-7-5-8-12-34)35-13-9-6-10-14-35/h5-27H,1-4H3/q+1. The van der Waals surface area contributed by atoms with Gasteiger partial charge in [0.2, 0.25) is 0 Å². The van der Waals surface area contributed by atoms with Crippen molar-refractivity contribution in [2.75, 3.05) is 7.05 Å². The van der Waals surface area contributed by atoms with Gasteiger partial charge < -0.3 is 0 Å². The van der Waals surface area contributed by atoms with E-state index < -0.39 is 16.7 Å². The molecule has 0 amide bonds. The molecule has 0 radical (unpaired) electrons. The van der Waals surface area contributed by atoms with Crippen LogP contribution in [0.1, 0.15) is 16.7 Å². The fourth-order valence-corrected chi connectivity index (χ4v) is 14.2. The van der Waals surface area contributed by atoms with Gasteiger partial charge in [0.1, 0.15) is 14.9 Å². The number of hydrogen-bond acceptors (Lipinski definition) is 1. The molecular formula is C35H35NPS+. The number of hydrogen-bond donors (Lipinski definition) is 0. The summed E-state index contributed by atoms with van der Waals surface area (Å²) in [7, 11) is 0.125. The molecule has 0 heterocycles. The largest absolute Gasteiger partial charge is 0.148 e. The Bertz CT molecular complexity index is 1460. The first-order valence-electron chi connectivity index (χ1n) is 13.0. The van der Waals surface area contributed by atoms with Crippen molar-refractivity contribution < 1.29 is 0 Å². The van der Waals surface area contributed by atoms with Gasteiger partial charge in [-0.25, -0.2) is 0 Å². The third-order valence-electron chi connectivity index (χ3n) is 7.13. The van der Waals surface area contributed by atoms with Crippen LogP contribution in [0.15, 0.2) is 148 Å². The van der Waals surface area contributed by atoms with Crippen molar-refractivity contribution in [2.24, 2.45) is 4.36 Å². The predicted octanol–water partition coefficient (Wildman–Crippen LogP) is 7.75. The van der Waals surface area contributed by atoms with Crippen LogP contribution in [0.25, 0.3) is 0 Å². The predicted molar refractivity (Wildman–Crippen MR) is 171 cm³/mol. The molecule has 0 unspecified atom stereocenters. The number of rotatable bonds is 6. The molecule has 5 aromatic carbocycles. The molecule has 1 nitrogen and oxygen atoms in total. The van der Waals surface area contributed by atoms with Crippen molar-refractivity contribution in [1.82, 2.24) is 0 Å². The van der Waals surface area contributed by atoms with E-state index in [1.54, 1.807) is 0 Å². The minimum Gasteiger partial charge on any atom is -0.131 e. The van der Waals surface area contributed by atoms with Gasteiger partial charge in [0.25, 0.3) is 0 Å². The van der Waals surface area contributed by atoms with Crippen LogP contribution in [0.3, 0.4) is 0 Å². The first-order chi connectivity index (χ1) is 18.5. The zero-order valence-corrected chi connectivity index (χ0v) is 24.3. The summed E-state index contributed by atoms with van der Waals surface area (Å²) in [6, 6.07) is 49.3. The fraction of sp³-hybridized carbons (Fsp3) is 0.114. The maximum atomic E-state index is 5.33. The van der Waals surface area contributed by atoms with Crippen LogP contribution in [0.4, 0.5) is 0 Å². The summed E-state index contributed by atoms with van der Waals surface area (Å²) in [5, 5.41) is 6.72. The lowest BCUT2D eigenvalue weighted by atomic mass is 10.2. The van der Waals surface area contributed by atoms with E-state index in [4.69, 9.17) is 4.36 Å². The van der Waals surface area contributed by atoms with Crippen LogP contribution in [0.2, 0.25) is 0 Å². The fourth-order valence-electron chi connectivity index (χ4n) is 4.97. The number of benzene rings is 5. The van der Waals surface area contributed by atoms with Gasteiger partial charge in [-0.3, -0.25) is 0 Å². The third-order valence-corrected chi connectivity index (χ3v) is 15.5. The zero-order chi connectivity index (χ0) is 26.6. The first kappa shape index (κ1) is 26.2. The molecule has 0 aliphatic heterocycles. The van der Waals surface area contributed by atoms with E-state index in [-0.39, 0.29) is 0 Å². The Morgan fingerprint density at radius 3 is 1.08 bits per heavy atom. The van der Waals surface area contributed by atoms with E-state index >= 15 is 0 Å². The lowest BCUT2D eigenvalue weighted by Crippen LogP contribution is -2.30. The van der Waals surface area contributed by atoms with Crippen molar-refractivity contribution in [3.8, 4) is 0 Å². The average molecular weight is 533 g/mol. The molecule has 0 saturated heterocycles. The van der Waals surface area contributed by atoms with E-state index in [1.807, 2.05) is 7.05 Å². The van der Waals surface area contributed by atoms with E-state index in [0.717, 1.165) is 0 Å². The molecule has 3 heteroatoms. The maximum absolute atomic E-state index is 5.33. The van der Waals surface area contributed by atoms with Crippen LogP contribution < -0.4 is 15.9 Å². The molecule has 38 heavy (non-hydrogen) atoms. The van der Waals surface area contributed by atoms with E-state index in [1.165, 1.54) is 42.4 Å². The molecule has 0 spiro atoms. The van der Waals surface area contributed by atoms with Gasteiger partial charge in [-0.2, -0.15) is 0 Å². The van der Waals surface area contributed by atoms with Crippen LogP contribution in [-0.4, -0.2) is 12.2 Å². The molecule has 0 atom stereocenters. The second-order valence-electron chi connectivity index (χ2n) is 9.77. The van der Waals surface area contributed by atoms with Crippen molar-refractivity contribution in [2.45, 2.75) is 30.6 Å². The SMILES string of the molecule is CN=[S+](C=P(c1ccc(C)cc1)(c1ccc(C)cc1)c1ccc(C)cc1)(c1ccccc1)c1ccccc1. The second-order valence-corrected chi connectivity index (χ2v) is 16.2. The van der Waals surface area contributed by atoms with Crippen molar-refractivity contribution >= 4 is 37.8 Å². The van der Waals surface area contributed by atoms with Crippen LogP contribution in [-0.2, 0) is 9.82 Å². The maximum Gasteiger partial charge on any atom is 0.148 e. The normalized spacial score (nSPS) is 11.7. The van der Waals surface area contributed by atoms with Gasteiger partial charge in [0.05, 0.1) is 16.9 Å². The van der Waals surface area contributed by atoms with Gasteiger partial charge in [-0.15, -0.1) is 4.36 Å². The Balaban J connectivity index is 2.02. The Hall–Kier alpha value is -3.45. The molecular weight excluding hydrogens is 497 g/mol. The van der Waals surface area contributed by atoms with Gasteiger partial charge in [-0.05, 0) is 61.0 Å². The van der Waals surface area contributed by atoms with Gasteiger partial charge in [0, 0.05) is 6.89 Å². The molecule has 5 rings (SSSR count). The summed E-state index contributed by atoms with van der Waals surface area (Å²) < 4.78 is 5.33. The smallest absolute Gasteiger partial charge is 0.131 e. The topological polar surface area (TPSA) is 12.4 Å². The van der Waals surface area contributed by atoms with E-state index in [2.05, 4.69) is 159 Å². The molecule has 0 aliphatic carbocycles. The Kier molecular flexibility index (Phi) is 7.65. The highest BCUT2D eigenvalue weighted by Gasteiger charge is 2.37. The molecule has 0 bridgehead atoms. The molecule has 190 valence electrons. The van der Waals surface area contributed by atoms with E-state index in [9.17, 15) is 0 Å². The monoisotopic (exact) mass is 532 g/mol. The minimum absolute atomic E-state index is 1.25. The number of aryl methyl sites for hydroxylation is 3. The highest BCUT2D eigenvalue weighted by Crippen LogP contribution is 2.48. The zero-order valence-electron chi connectivity index (χ0n) is 22.6. The van der Waals surface area contributed by atoms with Crippen LogP contribution in [0.5, 0.6) is 0 Å². The van der Waals surface area contributed by atoms with E-state index in [0.29, 0.717) is 0 Å². The van der Waals surface area contributed by atoms with Crippen LogP contribution >= 0.6 is 6.89 Å². The Morgan fingerprint density at radius 1 is 0.474 bits per heavy atom.